The zero-order valence-corrected chi connectivity index (χ0v) is 22.6. The summed E-state index contributed by atoms with van der Waals surface area (Å²) in [6.45, 7) is 4.85. The van der Waals surface area contributed by atoms with Crippen LogP contribution in [0.4, 0.5) is 5.69 Å². The maximum Gasteiger partial charge on any atom is 0.260 e. The van der Waals surface area contributed by atoms with Crippen LogP contribution in [0.25, 0.3) is 6.08 Å². The molecule has 1 atom stereocenters. The Labute approximate surface area is 223 Å². The molecule has 0 bridgehead atoms. The lowest BCUT2D eigenvalue weighted by Crippen LogP contribution is -2.30. The van der Waals surface area contributed by atoms with E-state index in [1.165, 1.54) is 17.3 Å². The summed E-state index contributed by atoms with van der Waals surface area (Å²) in [4.78, 5) is 13.2. The van der Waals surface area contributed by atoms with Gasteiger partial charge in [0.25, 0.3) is 5.91 Å². The van der Waals surface area contributed by atoms with E-state index in [4.69, 9.17) is 21.1 Å². The molecule has 3 aromatic carbocycles. The van der Waals surface area contributed by atoms with Gasteiger partial charge in [0.1, 0.15) is 6.61 Å². The number of anilines is 1. The summed E-state index contributed by atoms with van der Waals surface area (Å²) in [6.07, 6.45) is 2.80. The molecule has 0 aliphatic carbocycles. The molecule has 0 unspecified atom stereocenters. The molecule has 0 radical (unpaired) electrons. The lowest BCUT2D eigenvalue weighted by atomic mass is 10.1. The van der Waals surface area contributed by atoms with Crippen molar-refractivity contribution in [3.8, 4) is 11.5 Å². The zero-order valence-electron chi connectivity index (χ0n) is 19.4. The summed E-state index contributed by atoms with van der Waals surface area (Å²) >= 11 is 11.4. The first-order chi connectivity index (χ1) is 16.9. The number of ether oxygens (including phenoxy) is 2. The van der Waals surface area contributed by atoms with Crippen LogP contribution in [0, 0.1) is 0 Å². The molecule has 1 heterocycles. The molecule has 1 saturated heterocycles. The highest BCUT2D eigenvalue weighted by atomic mass is 79.9. The van der Waals surface area contributed by atoms with E-state index in [0.29, 0.717) is 34.6 Å². The molecule has 1 aliphatic rings. The van der Waals surface area contributed by atoms with Gasteiger partial charge in [-0.1, -0.05) is 70.5 Å². The van der Waals surface area contributed by atoms with E-state index in [1.54, 1.807) is 6.07 Å². The molecule has 1 amide bonds. The normalized spacial score (nSPS) is 16.3. The molecule has 2 N–H and O–H groups in total. The molecular weight excluding hydrogens is 548 g/mol. The van der Waals surface area contributed by atoms with Crippen molar-refractivity contribution < 1.29 is 14.3 Å². The smallest absolute Gasteiger partial charge is 0.260 e. The first-order valence-electron chi connectivity index (χ1n) is 11.3. The number of thioether (sulfide) groups is 1. The third kappa shape index (κ3) is 6.75. The van der Waals surface area contributed by atoms with E-state index in [2.05, 4.69) is 45.6 Å². The van der Waals surface area contributed by atoms with Gasteiger partial charge in [0.2, 0.25) is 0 Å². The summed E-state index contributed by atoms with van der Waals surface area (Å²) in [6, 6.07) is 19.7. The van der Waals surface area contributed by atoms with Gasteiger partial charge in [-0.3, -0.25) is 4.79 Å². The number of hydrogen-bond donors (Lipinski definition) is 2. The third-order valence-corrected chi connectivity index (χ3v) is 7.15. The van der Waals surface area contributed by atoms with E-state index in [-0.39, 0.29) is 11.4 Å². The standard InChI is InChI=1S/C27H26BrClN2O3S/c1-3-17-7-11-21(12-8-17)30-27-31-26(32)24(35-27)15-19-13-22(29)25(23(14-19)33-4-2)34-16-18-5-9-20(28)10-6-18/h5-15,27,30H,3-4,16H2,1-2H3,(H,31,32)/b24-15-/t27-/m1/s1. The lowest BCUT2D eigenvalue weighted by molar-refractivity contribution is -0.116. The van der Waals surface area contributed by atoms with Gasteiger partial charge >= 0.3 is 0 Å². The number of aryl methyl sites for hydroxylation is 1. The average molecular weight is 574 g/mol. The maximum absolute atomic E-state index is 12.6. The second-order valence-electron chi connectivity index (χ2n) is 7.85. The van der Waals surface area contributed by atoms with E-state index >= 15 is 0 Å². The van der Waals surface area contributed by atoms with Crippen LogP contribution in [0.1, 0.15) is 30.5 Å². The van der Waals surface area contributed by atoms with Crippen molar-refractivity contribution in [2.75, 3.05) is 11.9 Å². The van der Waals surface area contributed by atoms with Crippen LogP contribution in [0.2, 0.25) is 5.02 Å². The minimum atomic E-state index is -0.253. The first-order valence-corrected chi connectivity index (χ1v) is 13.4. The van der Waals surface area contributed by atoms with Crippen molar-refractivity contribution in [2.24, 2.45) is 0 Å². The minimum absolute atomic E-state index is 0.137. The van der Waals surface area contributed by atoms with Crippen molar-refractivity contribution in [1.29, 1.82) is 0 Å². The highest BCUT2D eigenvalue weighted by Crippen LogP contribution is 2.39. The van der Waals surface area contributed by atoms with Gasteiger partial charge < -0.3 is 20.1 Å². The molecular formula is C27H26BrClN2O3S. The van der Waals surface area contributed by atoms with Crippen molar-refractivity contribution in [3.05, 3.63) is 91.8 Å². The largest absolute Gasteiger partial charge is 0.490 e. The van der Waals surface area contributed by atoms with Gasteiger partial charge in [-0.05, 0) is 72.5 Å². The van der Waals surface area contributed by atoms with E-state index in [0.717, 1.165) is 27.7 Å². The fourth-order valence-corrected chi connectivity index (χ4v) is 5.04. The number of carbonyl (C=O) groups is 1. The molecule has 3 aromatic rings. The number of benzene rings is 3. The second-order valence-corrected chi connectivity index (χ2v) is 10.3. The first kappa shape index (κ1) is 25.5. The van der Waals surface area contributed by atoms with Crippen molar-refractivity contribution in [1.82, 2.24) is 5.32 Å². The Hall–Kier alpha value is -2.61. The Bertz CT molecular complexity index is 1220. The summed E-state index contributed by atoms with van der Waals surface area (Å²) in [7, 11) is 0. The predicted molar refractivity (Wildman–Crippen MR) is 148 cm³/mol. The summed E-state index contributed by atoms with van der Waals surface area (Å²) < 4.78 is 12.8. The topological polar surface area (TPSA) is 59.6 Å². The number of carbonyl (C=O) groups excluding carboxylic acids is 1. The quantitative estimate of drug-likeness (QED) is 0.264. The molecule has 182 valence electrons. The van der Waals surface area contributed by atoms with Crippen molar-refractivity contribution >= 4 is 57.0 Å². The van der Waals surface area contributed by atoms with E-state index in [1.807, 2.05) is 55.5 Å². The van der Waals surface area contributed by atoms with Gasteiger partial charge in [-0.25, -0.2) is 0 Å². The van der Waals surface area contributed by atoms with Gasteiger partial charge in [0.15, 0.2) is 17.0 Å². The Morgan fingerprint density at radius 2 is 1.77 bits per heavy atom. The third-order valence-electron chi connectivity index (χ3n) is 5.32. The second kappa shape index (κ2) is 11.9. The van der Waals surface area contributed by atoms with E-state index < -0.39 is 0 Å². The number of amides is 1. The zero-order chi connectivity index (χ0) is 24.8. The van der Waals surface area contributed by atoms with Gasteiger partial charge in [0.05, 0.1) is 16.5 Å². The van der Waals surface area contributed by atoms with Crippen LogP contribution in [-0.2, 0) is 17.8 Å². The van der Waals surface area contributed by atoms with Gasteiger partial charge in [-0.2, -0.15) is 0 Å². The number of halogens is 2. The van der Waals surface area contributed by atoms with Gasteiger partial charge in [0, 0.05) is 10.2 Å². The summed E-state index contributed by atoms with van der Waals surface area (Å²) in [5.74, 6) is 0.887. The maximum atomic E-state index is 12.6. The van der Waals surface area contributed by atoms with Crippen LogP contribution in [0.15, 0.2) is 70.0 Å². The van der Waals surface area contributed by atoms with Crippen LogP contribution in [0.5, 0.6) is 11.5 Å². The monoisotopic (exact) mass is 572 g/mol. The summed E-state index contributed by atoms with van der Waals surface area (Å²) in [5, 5.41) is 6.73. The van der Waals surface area contributed by atoms with Crippen LogP contribution in [0.3, 0.4) is 0 Å². The Balaban J connectivity index is 1.48. The fourth-order valence-electron chi connectivity index (χ4n) is 3.52. The number of nitrogens with one attached hydrogen (secondary N) is 2. The molecule has 0 spiro atoms. The van der Waals surface area contributed by atoms with Crippen LogP contribution >= 0.6 is 39.3 Å². The van der Waals surface area contributed by atoms with E-state index in [9.17, 15) is 4.79 Å². The molecule has 35 heavy (non-hydrogen) atoms. The van der Waals surface area contributed by atoms with Crippen LogP contribution in [-0.4, -0.2) is 18.0 Å². The molecule has 4 rings (SSSR count). The Morgan fingerprint density at radius 1 is 1.06 bits per heavy atom. The Morgan fingerprint density at radius 3 is 2.46 bits per heavy atom. The molecule has 1 fully saturated rings. The SMILES string of the molecule is CCOc1cc(/C=C2\S[C@H](Nc3ccc(CC)cc3)NC2=O)cc(Cl)c1OCc1ccc(Br)cc1. The minimum Gasteiger partial charge on any atom is -0.490 e. The Kier molecular flexibility index (Phi) is 8.65. The molecule has 0 aromatic heterocycles. The molecule has 1 aliphatic heterocycles. The number of rotatable bonds is 9. The van der Waals surface area contributed by atoms with Gasteiger partial charge in [-0.15, -0.1) is 0 Å². The lowest BCUT2D eigenvalue weighted by Gasteiger charge is -2.15. The highest BCUT2D eigenvalue weighted by molar-refractivity contribution is 9.10. The average Bonchev–Trinajstić information content (AvgIpc) is 3.18. The fraction of sp³-hybridized carbons (Fsp3) is 0.222. The van der Waals surface area contributed by atoms with Crippen molar-refractivity contribution in [3.63, 3.8) is 0 Å². The van der Waals surface area contributed by atoms with Crippen LogP contribution < -0.4 is 20.1 Å². The predicted octanol–water partition coefficient (Wildman–Crippen LogP) is 7.24. The highest BCUT2D eigenvalue weighted by Gasteiger charge is 2.27. The molecule has 5 nitrogen and oxygen atoms in total. The molecule has 0 saturated carbocycles. The number of hydrogen-bond acceptors (Lipinski definition) is 5. The van der Waals surface area contributed by atoms with Crippen molar-refractivity contribution in [2.45, 2.75) is 32.4 Å². The molecule has 8 heteroatoms. The summed E-state index contributed by atoms with van der Waals surface area (Å²) in [5.41, 5.74) is 3.75.